The van der Waals surface area contributed by atoms with E-state index in [1.54, 1.807) is 0 Å². The first-order valence-corrected chi connectivity index (χ1v) is 9.22. The van der Waals surface area contributed by atoms with Crippen LogP contribution in [0, 0.1) is 6.92 Å². The van der Waals surface area contributed by atoms with Crippen LogP contribution in [0.15, 0.2) is 29.3 Å². The lowest BCUT2D eigenvalue weighted by atomic mass is 10.2. The first kappa shape index (κ1) is 19.5. The molecular weight excluding hydrogens is 316 g/mol. The molecule has 1 fully saturated rings. The van der Waals surface area contributed by atoms with Crippen molar-refractivity contribution < 1.29 is 9.47 Å². The lowest BCUT2D eigenvalue weighted by Crippen LogP contribution is -2.44. The van der Waals surface area contributed by atoms with E-state index >= 15 is 0 Å². The normalized spacial score (nSPS) is 17.2. The maximum absolute atomic E-state index is 5.77. The van der Waals surface area contributed by atoms with Gasteiger partial charge in [-0.2, -0.15) is 0 Å². The number of nitrogens with zero attached hydrogens (tertiary/aromatic N) is 2. The number of aliphatic imine (C=N–C) groups is 1. The van der Waals surface area contributed by atoms with Crippen LogP contribution in [0.3, 0.4) is 0 Å². The zero-order chi connectivity index (χ0) is 17.9. The third-order valence-electron chi connectivity index (χ3n) is 4.18. The molecule has 0 saturated carbocycles. The van der Waals surface area contributed by atoms with Crippen LogP contribution >= 0.6 is 0 Å². The maximum Gasteiger partial charge on any atom is 0.191 e. The van der Waals surface area contributed by atoms with E-state index in [-0.39, 0.29) is 0 Å². The molecule has 1 aromatic carbocycles. The Bertz CT molecular complexity index is 530. The molecule has 0 spiro atoms. The smallest absolute Gasteiger partial charge is 0.191 e. The van der Waals surface area contributed by atoms with Gasteiger partial charge >= 0.3 is 0 Å². The van der Waals surface area contributed by atoms with Gasteiger partial charge in [0.15, 0.2) is 5.96 Å². The second-order valence-electron chi connectivity index (χ2n) is 6.31. The van der Waals surface area contributed by atoms with E-state index in [4.69, 9.17) is 14.5 Å². The van der Waals surface area contributed by atoms with Crippen LogP contribution < -0.4 is 15.4 Å². The highest BCUT2D eigenvalue weighted by Crippen LogP contribution is 2.11. The van der Waals surface area contributed by atoms with E-state index in [0.29, 0.717) is 19.2 Å². The third-order valence-corrected chi connectivity index (χ3v) is 4.18. The lowest BCUT2D eigenvalue weighted by molar-refractivity contribution is 0.0220. The van der Waals surface area contributed by atoms with E-state index in [1.165, 1.54) is 5.56 Å². The van der Waals surface area contributed by atoms with Gasteiger partial charge in [0.05, 0.1) is 26.3 Å². The molecule has 1 aliphatic rings. The van der Waals surface area contributed by atoms with Crippen molar-refractivity contribution in [1.29, 1.82) is 0 Å². The number of guanidine groups is 1. The highest BCUT2D eigenvalue weighted by Gasteiger charge is 2.16. The highest BCUT2D eigenvalue weighted by molar-refractivity contribution is 5.79. The summed E-state index contributed by atoms with van der Waals surface area (Å²) in [4.78, 5) is 7.13. The molecule has 2 N–H and O–H groups in total. The molecule has 2 rings (SSSR count). The number of morpholine rings is 1. The molecule has 140 valence electrons. The van der Waals surface area contributed by atoms with Gasteiger partial charge in [0.1, 0.15) is 12.4 Å². The molecule has 0 aromatic heterocycles. The SMILES string of the molecule is CCNC(=NCC(C)N1CCOCC1)NCCOc1cccc(C)c1. The van der Waals surface area contributed by atoms with Crippen LogP contribution in [0.4, 0.5) is 0 Å². The van der Waals surface area contributed by atoms with Crippen molar-refractivity contribution in [3.63, 3.8) is 0 Å². The van der Waals surface area contributed by atoms with Crippen molar-refractivity contribution in [2.75, 3.05) is 52.5 Å². The zero-order valence-electron chi connectivity index (χ0n) is 15.8. The maximum atomic E-state index is 5.77. The second-order valence-corrected chi connectivity index (χ2v) is 6.31. The van der Waals surface area contributed by atoms with Gasteiger partial charge in [-0.25, -0.2) is 0 Å². The summed E-state index contributed by atoms with van der Waals surface area (Å²) >= 11 is 0. The van der Waals surface area contributed by atoms with Gasteiger partial charge < -0.3 is 20.1 Å². The number of ether oxygens (including phenoxy) is 2. The average Bonchev–Trinajstić information content (AvgIpc) is 2.63. The van der Waals surface area contributed by atoms with Crippen LogP contribution in [-0.4, -0.2) is 69.4 Å². The fourth-order valence-electron chi connectivity index (χ4n) is 2.74. The van der Waals surface area contributed by atoms with Crippen molar-refractivity contribution in [3.05, 3.63) is 29.8 Å². The fourth-order valence-corrected chi connectivity index (χ4v) is 2.74. The summed E-state index contributed by atoms with van der Waals surface area (Å²) in [6, 6.07) is 8.52. The molecule has 1 saturated heterocycles. The molecule has 0 aliphatic carbocycles. The Hall–Kier alpha value is -1.79. The predicted molar refractivity (Wildman–Crippen MR) is 103 cm³/mol. The number of nitrogens with one attached hydrogen (secondary N) is 2. The number of hydrogen-bond donors (Lipinski definition) is 2. The van der Waals surface area contributed by atoms with Crippen LogP contribution in [0.25, 0.3) is 0 Å². The molecule has 1 aromatic rings. The third kappa shape index (κ3) is 7.32. The van der Waals surface area contributed by atoms with Crippen molar-refractivity contribution in [2.45, 2.75) is 26.8 Å². The molecule has 1 heterocycles. The van der Waals surface area contributed by atoms with Gasteiger partial charge in [-0.3, -0.25) is 9.89 Å². The van der Waals surface area contributed by atoms with Gasteiger partial charge in [0.25, 0.3) is 0 Å². The highest BCUT2D eigenvalue weighted by atomic mass is 16.5. The van der Waals surface area contributed by atoms with Crippen molar-refractivity contribution in [2.24, 2.45) is 4.99 Å². The summed E-state index contributed by atoms with van der Waals surface area (Å²) in [5, 5.41) is 6.62. The standard InChI is InChI=1S/C19H32N4O2/c1-4-20-19(22-15-17(3)23-9-12-24-13-10-23)21-8-11-25-18-7-5-6-16(2)14-18/h5-7,14,17H,4,8-13,15H2,1-3H3,(H2,20,21,22). The summed E-state index contributed by atoms with van der Waals surface area (Å²) < 4.78 is 11.2. The number of benzene rings is 1. The van der Waals surface area contributed by atoms with Crippen molar-refractivity contribution in [3.8, 4) is 5.75 Å². The quantitative estimate of drug-likeness (QED) is 0.425. The predicted octanol–water partition coefficient (Wildman–Crippen LogP) is 1.65. The van der Waals surface area contributed by atoms with Gasteiger partial charge in [0.2, 0.25) is 0 Å². The van der Waals surface area contributed by atoms with Crippen molar-refractivity contribution >= 4 is 5.96 Å². The Balaban J connectivity index is 1.73. The van der Waals surface area contributed by atoms with E-state index in [2.05, 4.69) is 42.4 Å². The number of aryl methyl sites for hydroxylation is 1. The summed E-state index contributed by atoms with van der Waals surface area (Å²) in [5.41, 5.74) is 1.21. The van der Waals surface area contributed by atoms with Gasteiger partial charge in [-0.05, 0) is 38.5 Å². The molecule has 6 nitrogen and oxygen atoms in total. The summed E-state index contributed by atoms with van der Waals surface area (Å²) in [6.07, 6.45) is 0. The first-order valence-electron chi connectivity index (χ1n) is 9.22. The molecule has 0 radical (unpaired) electrons. The monoisotopic (exact) mass is 348 g/mol. The minimum absolute atomic E-state index is 0.419. The second kappa shape index (κ2) is 10.9. The average molecular weight is 348 g/mol. The minimum atomic E-state index is 0.419. The summed E-state index contributed by atoms with van der Waals surface area (Å²) in [6.45, 7) is 12.9. The number of rotatable bonds is 8. The Morgan fingerprint density at radius 2 is 2.12 bits per heavy atom. The van der Waals surface area contributed by atoms with Crippen LogP contribution in [0.2, 0.25) is 0 Å². The van der Waals surface area contributed by atoms with Crippen LogP contribution in [0.5, 0.6) is 5.75 Å². The molecular formula is C19H32N4O2. The molecule has 6 heteroatoms. The van der Waals surface area contributed by atoms with E-state index < -0.39 is 0 Å². The van der Waals surface area contributed by atoms with E-state index in [9.17, 15) is 0 Å². The van der Waals surface area contributed by atoms with Gasteiger partial charge in [-0.15, -0.1) is 0 Å². The van der Waals surface area contributed by atoms with Crippen LogP contribution in [0.1, 0.15) is 19.4 Å². The summed E-state index contributed by atoms with van der Waals surface area (Å²) in [7, 11) is 0. The Morgan fingerprint density at radius 1 is 1.32 bits per heavy atom. The van der Waals surface area contributed by atoms with Crippen molar-refractivity contribution in [1.82, 2.24) is 15.5 Å². The lowest BCUT2D eigenvalue weighted by Gasteiger charge is -2.31. The zero-order valence-corrected chi connectivity index (χ0v) is 15.8. The fraction of sp³-hybridized carbons (Fsp3) is 0.632. The molecule has 0 bridgehead atoms. The Kier molecular flexibility index (Phi) is 8.55. The minimum Gasteiger partial charge on any atom is -0.492 e. The Morgan fingerprint density at radius 3 is 2.84 bits per heavy atom. The summed E-state index contributed by atoms with van der Waals surface area (Å²) in [5.74, 6) is 1.75. The Labute approximate surface area is 151 Å². The molecule has 1 unspecified atom stereocenters. The first-order chi connectivity index (χ1) is 12.2. The van der Waals surface area contributed by atoms with E-state index in [1.807, 2.05) is 18.2 Å². The van der Waals surface area contributed by atoms with Gasteiger partial charge in [-0.1, -0.05) is 12.1 Å². The van der Waals surface area contributed by atoms with Gasteiger partial charge in [0, 0.05) is 25.7 Å². The largest absolute Gasteiger partial charge is 0.492 e. The molecule has 1 aliphatic heterocycles. The number of hydrogen-bond acceptors (Lipinski definition) is 4. The molecule has 0 amide bonds. The topological polar surface area (TPSA) is 58.1 Å². The van der Waals surface area contributed by atoms with E-state index in [0.717, 1.165) is 51.1 Å². The molecule has 25 heavy (non-hydrogen) atoms. The van der Waals surface area contributed by atoms with Crippen LogP contribution in [-0.2, 0) is 4.74 Å². The molecule has 1 atom stereocenters.